The Kier molecular flexibility index (Phi) is 10.5. The van der Waals surface area contributed by atoms with Crippen LogP contribution in [0.5, 0.6) is 0 Å². The lowest BCUT2D eigenvalue weighted by molar-refractivity contribution is -0.159. The molecule has 3 heterocycles. The zero-order valence-electron chi connectivity index (χ0n) is 23.5. The van der Waals surface area contributed by atoms with Crippen molar-refractivity contribution >= 4 is 56.9 Å². The molecule has 1 aromatic rings. The predicted octanol–water partition coefficient (Wildman–Crippen LogP) is 3.00. The second-order valence-electron chi connectivity index (χ2n) is 10.8. The van der Waals surface area contributed by atoms with E-state index in [1.807, 2.05) is 0 Å². The number of hydrogen-bond donors (Lipinski definition) is 2. The van der Waals surface area contributed by atoms with Crippen LogP contribution in [0.1, 0.15) is 32.6 Å². The van der Waals surface area contributed by atoms with Crippen LogP contribution < -0.4 is 10.2 Å². The first-order chi connectivity index (χ1) is 20.1. The molecule has 3 saturated heterocycles. The summed E-state index contributed by atoms with van der Waals surface area (Å²) in [5, 5.41) is 12.7. The molecule has 0 radical (unpaired) electrons. The maximum absolute atomic E-state index is 14.4. The topological polar surface area (TPSA) is 125 Å². The van der Waals surface area contributed by atoms with Crippen molar-refractivity contribution in [1.82, 2.24) is 10.2 Å². The number of anilines is 1. The minimum absolute atomic E-state index is 0.102. The Morgan fingerprint density at radius 1 is 1.33 bits per heavy atom. The van der Waals surface area contributed by atoms with Gasteiger partial charge < -0.3 is 29.7 Å². The number of alkyl halides is 1. The zero-order valence-corrected chi connectivity index (χ0v) is 25.9. The minimum Gasteiger partial charge on any atom is -0.460 e. The molecular weight excluding hydrogens is 630 g/mol. The highest BCUT2D eigenvalue weighted by Gasteiger charge is 2.77. The number of hydrogen-bond acceptors (Lipinski definition) is 7. The van der Waals surface area contributed by atoms with Crippen LogP contribution in [-0.4, -0.2) is 88.6 Å². The SMILES string of the molecule is C=CCCC(=O)NC[C@@H](C)OC(=O)[C@@H]1[C@H]2O[C@@]3(CC2Br)[C@H](C(=O)N(CC=C)c2ccccc2Cl)N(CCCO)C(=O)[C@@H]13. The molecule has 1 unspecified atom stereocenters. The number of fused-ring (bicyclic) bond motifs is 1. The molecule has 2 N–H and O–H groups in total. The number of likely N-dealkylation sites (tertiary alicyclic amines) is 1. The second kappa shape index (κ2) is 13.7. The number of carbonyl (C=O) groups is 4. The molecule has 10 nitrogen and oxygen atoms in total. The lowest BCUT2D eigenvalue weighted by Crippen LogP contribution is -2.57. The standard InChI is InChI=1S/C30H37BrClN3O7/c1-4-6-12-22(37)33-17-18(3)41-29(40)23-24-27(38)35(14-9-15-36)26(30(24)16-19(31)25(23)42-30)28(39)34(13-5-2)21-11-8-7-10-20(21)32/h4-5,7-8,10-11,18-19,23-26,36H,1-2,6,9,12-17H2,3H3,(H,33,37)/t18-,19?,23+,24-,25+,26+,30-/m1/s1. The number of nitrogens with one attached hydrogen (secondary N) is 1. The van der Waals surface area contributed by atoms with Crippen LogP contribution in [0.3, 0.4) is 0 Å². The molecule has 0 aliphatic carbocycles. The summed E-state index contributed by atoms with van der Waals surface area (Å²) in [5.41, 5.74) is -0.837. The van der Waals surface area contributed by atoms with Crippen LogP contribution in [-0.2, 0) is 28.7 Å². The lowest BCUT2D eigenvalue weighted by Gasteiger charge is -2.37. The number of esters is 1. The Bertz CT molecular complexity index is 1230. The van der Waals surface area contributed by atoms with Gasteiger partial charge in [-0.1, -0.05) is 51.8 Å². The Morgan fingerprint density at radius 3 is 2.74 bits per heavy atom. The molecule has 4 rings (SSSR count). The van der Waals surface area contributed by atoms with Gasteiger partial charge >= 0.3 is 5.97 Å². The van der Waals surface area contributed by atoms with E-state index in [1.165, 1.54) is 9.80 Å². The third kappa shape index (κ3) is 6.02. The molecule has 1 spiro atoms. The summed E-state index contributed by atoms with van der Waals surface area (Å²) in [6, 6.07) is 5.83. The summed E-state index contributed by atoms with van der Waals surface area (Å²) in [6.07, 6.45) is 3.25. The molecule has 3 aliphatic heterocycles. The van der Waals surface area contributed by atoms with E-state index in [0.29, 0.717) is 23.6 Å². The van der Waals surface area contributed by atoms with Gasteiger partial charge in [0.05, 0.1) is 35.2 Å². The van der Waals surface area contributed by atoms with E-state index in [4.69, 9.17) is 21.1 Å². The number of aliphatic hydroxyl groups excluding tert-OH is 1. The summed E-state index contributed by atoms with van der Waals surface area (Å²) in [4.78, 5) is 56.7. The molecule has 0 saturated carbocycles. The third-order valence-electron chi connectivity index (χ3n) is 8.05. The van der Waals surface area contributed by atoms with Crippen LogP contribution in [0.15, 0.2) is 49.6 Å². The fourth-order valence-corrected chi connectivity index (χ4v) is 7.49. The average Bonchev–Trinajstić information content (AvgIpc) is 3.55. The van der Waals surface area contributed by atoms with Crippen molar-refractivity contribution in [2.24, 2.45) is 11.8 Å². The zero-order chi connectivity index (χ0) is 30.6. The second-order valence-corrected chi connectivity index (χ2v) is 12.4. The van der Waals surface area contributed by atoms with Gasteiger partial charge in [0, 0.05) is 30.9 Å². The highest BCUT2D eigenvalue weighted by molar-refractivity contribution is 9.09. The van der Waals surface area contributed by atoms with Gasteiger partial charge in [0.2, 0.25) is 11.8 Å². The number of benzene rings is 1. The number of ether oxygens (including phenoxy) is 2. The highest BCUT2D eigenvalue weighted by atomic mass is 79.9. The van der Waals surface area contributed by atoms with E-state index in [9.17, 15) is 24.3 Å². The van der Waals surface area contributed by atoms with Crippen molar-refractivity contribution < 1.29 is 33.8 Å². The predicted molar refractivity (Wildman–Crippen MR) is 161 cm³/mol. The molecule has 228 valence electrons. The Morgan fingerprint density at radius 2 is 2.07 bits per heavy atom. The lowest BCUT2D eigenvalue weighted by atomic mass is 9.70. The molecule has 2 bridgehead atoms. The molecule has 0 aromatic heterocycles. The van der Waals surface area contributed by atoms with Crippen molar-refractivity contribution in [3.05, 3.63) is 54.6 Å². The largest absolute Gasteiger partial charge is 0.460 e. The van der Waals surface area contributed by atoms with E-state index < -0.39 is 53.5 Å². The molecule has 3 fully saturated rings. The summed E-state index contributed by atoms with van der Waals surface area (Å²) < 4.78 is 12.2. The first-order valence-corrected chi connectivity index (χ1v) is 15.4. The maximum Gasteiger partial charge on any atom is 0.312 e. The van der Waals surface area contributed by atoms with Crippen molar-refractivity contribution in [2.45, 2.75) is 61.3 Å². The molecular formula is C30H37BrClN3O7. The summed E-state index contributed by atoms with van der Waals surface area (Å²) in [6.45, 7) is 9.21. The minimum atomic E-state index is -1.30. The summed E-state index contributed by atoms with van der Waals surface area (Å²) in [7, 11) is 0. The van der Waals surface area contributed by atoms with Gasteiger partial charge in [0.1, 0.15) is 17.7 Å². The van der Waals surface area contributed by atoms with Crippen LogP contribution in [0.25, 0.3) is 0 Å². The number of amides is 3. The molecule has 7 atom stereocenters. The molecule has 42 heavy (non-hydrogen) atoms. The summed E-state index contributed by atoms with van der Waals surface area (Å²) in [5.74, 6) is -3.54. The van der Waals surface area contributed by atoms with E-state index in [2.05, 4.69) is 34.4 Å². The van der Waals surface area contributed by atoms with E-state index >= 15 is 0 Å². The maximum atomic E-state index is 14.4. The van der Waals surface area contributed by atoms with Crippen LogP contribution in [0, 0.1) is 11.8 Å². The van der Waals surface area contributed by atoms with Gasteiger partial charge in [-0.15, -0.1) is 13.2 Å². The van der Waals surface area contributed by atoms with E-state index in [1.54, 1.807) is 43.3 Å². The molecule has 3 aliphatic rings. The summed E-state index contributed by atoms with van der Waals surface area (Å²) >= 11 is 10.1. The molecule has 12 heteroatoms. The number of para-hydroxylation sites is 1. The Balaban J connectivity index is 1.63. The molecule has 3 amide bonds. The number of aliphatic hydroxyl groups is 1. The third-order valence-corrected chi connectivity index (χ3v) is 9.22. The van der Waals surface area contributed by atoms with Gasteiger partial charge in [-0.05, 0) is 38.3 Å². The van der Waals surface area contributed by atoms with E-state index in [-0.39, 0.29) is 49.8 Å². The van der Waals surface area contributed by atoms with Crippen molar-refractivity contribution in [3.63, 3.8) is 0 Å². The average molecular weight is 667 g/mol. The van der Waals surface area contributed by atoms with Gasteiger partial charge in [-0.2, -0.15) is 0 Å². The first kappa shape index (κ1) is 32.2. The fourth-order valence-electron chi connectivity index (χ4n) is 6.31. The van der Waals surface area contributed by atoms with Crippen LogP contribution >= 0.6 is 27.5 Å². The van der Waals surface area contributed by atoms with Gasteiger partial charge in [-0.25, -0.2) is 0 Å². The highest BCUT2D eigenvalue weighted by Crippen LogP contribution is 2.60. The van der Waals surface area contributed by atoms with Crippen molar-refractivity contribution in [2.75, 3.05) is 31.1 Å². The smallest absolute Gasteiger partial charge is 0.312 e. The number of allylic oxidation sites excluding steroid dienone is 1. The van der Waals surface area contributed by atoms with Gasteiger partial charge in [-0.3, -0.25) is 19.2 Å². The van der Waals surface area contributed by atoms with Crippen LogP contribution in [0.2, 0.25) is 5.02 Å². The van der Waals surface area contributed by atoms with Crippen LogP contribution in [0.4, 0.5) is 5.69 Å². The first-order valence-electron chi connectivity index (χ1n) is 14.1. The Labute approximate surface area is 259 Å². The number of nitrogens with zero attached hydrogens (tertiary/aromatic N) is 2. The number of rotatable bonds is 14. The quantitative estimate of drug-likeness (QED) is 0.178. The normalized spacial score (nSPS) is 28.2. The molecule has 1 aromatic carbocycles. The van der Waals surface area contributed by atoms with Crippen molar-refractivity contribution in [3.8, 4) is 0 Å². The van der Waals surface area contributed by atoms with Gasteiger partial charge in [0.25, 0.3) is 5.91 Å². The monoisotopic (exact) mass is 665 g/mol. The number of halogens is 2. The van der Waals surface area contributed by atoms with Gasteiger partial charge in [0.15, 0.2) is 0 Å². The Hall–Kier alpha value is -2.73. The van der Waals surface area contributed by atoms with E-state index in [0.717, 1.165) is 0 Å². The fraction of sp³-hybridized carbons (Fsp3) is 0.533. The van der Waals surface area contributed by atoms with Crippen molar-refractivity contribution in [1.29, 1.82) is 0 Å². The number of carbonyl (C=O) groups excluding carboxylic acids is 4.